The lowest BCUT2D eigenvalue weighted by Gasteiger charge is -2.00. The maximum atomic E-state index is 12.8. The highest BCUT2D eigenvalue weighted by molar-refractivity contribution is 9.09. The van der Waals surface area contributed by atoms with Crippen molar-refractivity contribution in [2.45, 2.75) is 0 Å². The van der Waals surface area contributed by atoms with Gasteiger partial charge in [0.15, 0.2) is 5.78 Å². The van der Waals surface area contributed by atoms with E-state index in [2.05, 4.69) is 15.9 Å². The lowest BCUT2D eigenvalue weighted by molar-refractivity contribution is 0.102. The van der Waals surface area contributed by atoms with Gasteiger partial charge in [-0.25, -0.2) is 8.78 Å². The Bertz CT molecular complexity index is 331. The molecular formula is C8H4BrClF2O. The Balaban J connectivity index is 3.20. The summed E-state index contributed by atoms with van der Waals surface area (Å²) in [6.07, 6.45) is 0. The van der Waals surface area contributed by atoms with E-state index in [0.717, 1.165) is 12.1 Å². The standard InChI is InChI=1S/C8H4BrClF2O/c9-3-7(13)4-1-5(11)8(10)6(12)2-4/h1-2H,3H2. The fourth-order valence-electron chi connectivity index (χ4n) is 0.794. The number of hydrogen-bond donors (Lipinski definition) is 0. The van der Waals surface area contributed by atoms with Crippen LogP contribution in [0.4, 0.5) is 8.78 Å². The summed E-state index contributed by atoms with van der Waals surface area (Å²) in [6.45, 7) is 0. The first kappa shape index (κ1) is 10.6. The molecule has 0 radical (unpaired) electrons. The molecule has 0 spiro atoms. The normalized spacial score (nSPS) is 10.2. The number of carbonyl (C=O) groups excluding carboxylic acids is 1. The number of benzene rings is 1. The Morgan fingerprint density at radius 2 is 1.85 bits per heavy atom. The first-order chi connectivity index (χ1) is 6.06. The molecular weight excluding hydrogens is 265 g/mol. The van der Waals surface area contributed by atoms with Gasteiger partial charge in [-0.15, -0.1) is 0 Å². The number of Topliss-reactive ketones (excluding diaryl/α,β-unsaturated/α-hetero) is 1. The van der Waals surface area contributed by atoms with E-state index in [1.807, 2.05) is 0 Å². The molecule has 13 heavy (non-hydrogen) atoms. The van der Waals surface area contributed by atoms with Gasteiger partial charge in [0, 0.05) is 5.56 Å². The summed E-state index contributed by atoms with van der Waals surface area (Å²) in [7, 11) is 0. The second kappa shape index (κ2) is 4.15. The van der Waals surface area contributed by atoms with Crippen LogP contribution in [0.3, 0.4) is 0 Å². The predicted molar refractivity (Wildman–Crippen MR) is 49.5 cm³/mol. The highest BCUT2D eigenvalue weighted by atomic mass is 79.9. The van der Waals surface area contributed by atoms with Crippen molar-refractivity contribution in [3.63, 3.8) is 0 Å². The molecule has 0 amide bonds. The molecule has 0 aliphatic rings. The van der Waals surface area contributed by atoms with Gasteiger partial charge >= 0.3 is 0 Å². The summed E-state index contributed by atoms with van der Waals surface area (Å²) in [6, 6.07) is 1.82. The van der Waals surface area contributed by atoms with E-state index >= 15 is 0 Å². The van der Waals surface area contributed by atoms with E-state index in [0.29, 0.717) is 0 Å². The fraction of sp³-hybridized carbons (Fsp3) is 0.125. The van der Waals surface area contributed by atoms with Gasteiger partial charge in [0.05, 0.1) is 5.33 Å². The molecule has 0 atom stereocenters. The van der Waals surface area contributed by atoms with Crippen LogP contribution in [0.5, 0.6) is 0 Å². The lowest BCUT2D eigenvalue weighted by atomic mass is 10.1. The smallest absolute Gasteiger partial charge is 0.173 e. The number of halogens is 4. The zero-order chi connectivity index (χ0) is 10.0. The molecule has 0 aromatic heterocycles. The van der Waals surface area contributed by atoms with Gasteiger partial charge in [-0.1, -0.05) is 27.5 Å². The van der Waals surface area contributed by atoms with Crippen LogP contribution in [0.15, 0.2) is 12.1 Å². The molecule has 5 heteroatoms. The minimum atomic E-state index is -0.925. The summed E-state index contributed by atoms with van der Waals surface area (Å²) >= 11 is 8.12. The maximum Gasteiger partial charge on any atom is 0.173 e. The van der Waals surface area contributed by atoms with Gasteiger partial charge in [-0.05, 0) is 12.1 Å². The number of alkyl halides is 1. The summed E-state index contributed by atoms with van der Waals surface area (Å²) in [5.74, 6) is -2.24. The molecule has 1 rings (SSSR count). The van der Waals surface area contributed by atoms with Gasteiger partial charge in [0.25, 0.3) is 0 Å². The van der Waals surface area contributed by atoms with Crippen molar-refractivity contribution in [3.05, 3.63) is 34.4 Å². The molecule has 1 aromatic rings. The molecule has 0 bridgehead atoms. The van der Waals surface area contributed by atoms with Crippen LogP contribution in [0.2, 0.25) is 5.02 Å². The van der Waals surface area contributed by atoms with Crippen LogP contribution in [-0.2, 0) is 0 Å². The lowest BCUT2D eigenvalue weighted by Crippen LogP contribution is -2.01. The third-order valence-corrected chi connectivity index (χ3v) is 2.30. The van der Waals surface area contributed by atoms with Crippen LogP contribution in [-0.4, -0.2) is 11.1 Å². The van der Waals surface area contributed by atoms with Gasteiger partial charge in [0.2, 0.25) is 0 Å². The Kier molecular flexibility index (Phi) is 3.39. The van der Waals surface area contributed by atoms with E-state index < -0.39 is 22.4 Å². The van der Waals surface area contributed by atoms with E-state index in [9.17, 15) is 13.6 Å². The highest BCUT2D eigenvalue weighted by Crippen LogP contribution is 2.20. The quantitative estimate of drug-likeness (QED) is 0.458. The second-order valence-corrected chi connectivity index (χ2v) is 3.25. The Morgan fingerprint density at radius 3 is 2.23 bits per heavy atom. The zero-order valence-electron chi connectivity index (χ0n) is 6.28. The molecule has 0 saturated carbocycles. The first-order valence-electron chi connectivity index (χ1n) is 3.30. The van der Waals surface area contributed by atoms with E-state index in [1.165, 1.54) is 0 Å². The molecule has 70 valence electrons. The SMILES string of the molecule is O=C(CBr)c1cc(F)c(Cl)c(F)c1. The zero-order valence-corrected chi connectivity index (χ0v) is 8.62. The van der Waals surface area contributed by atoms with Crippen molar-refractivity contribution in [2.24, 2.45) is 0 Å². The molecule has 0 N–H and O–H groups in total. The Morgan fingerprint density at radius 1 is 1.38 bits per heavy atom. The van der Waals surface area contributed by atoms with Crippen molar-refractivity contribution in [3.8, 4) is 0 Å². The first-order valence-corrected chi connectivity index (χ1v) is 4.80. The van der Waals surface area contributed by atoms with E-state index in [-0.39, 0.29) is 10.9 Å². The van der Waals surface area contributed by atoms with Crippen molar-refractivity contribution >= 4 is 33.3 Å². The molecule has 0 unspecified atom stereocenters. The fourth-order valence-corrected chi connectivity index (χ4v) is 1.23. The molecule has 0 aliphatic heterocycles. The molecule has 0 saturated heterocycles. The average Bonchev–Trinajstić information content (AvgIpc) is 2.12. The molecule has 1 aromatic carbocycles. The van der Waals surface area contributed by atoms with Crippen LogP contribution >= 0.6 is 27.5 Å². The molecule has 0 heterocycles. The molecule has 0 aliphatic carbocycles. The number of hydrogen-bond acceptors (Lipinski definition) is 1. The monoisotopic (exact) mass is 268 g/mol. The Labute approximate surface area is 86.8 Å². The molecule has 0 fully saturated rings. The van der Waals surface area contributed by atoms with Gasteiger partial charge in [-0.2, -0.15) is 0 Å². The minimum absolute atomic E-state index is 0.0213. The largest absolute Gasteiger partial charge is 0.293 e. The predicted octanol–water partition coefficient (Wildman–Crippen LogP) is 3.20. The van der Waals surface area contributed by atoms with Crippen LogP contribution in [0.25, 0.3) is 0 Å². The van der Waals surface area contributed by atoms with Gasteiger partial charge in [0.1, 0.15) is 16.7 Å². The van der Waals surface area contributed by atoms with Gasteiger partial charge in [-0.3, -0.25) is 4.79 Å². The van der Waals surface area contributed by atoms with Gasteiger partial charge < -0.3 is 0 Å². The topological polar surface area (TPSA) is 17.1 Å². The highest BCUT2D eigenvalue weighted by Gasteiger charge is 2.12. The van der Waals surface area contributed by atoms with Crippen LogP contribution < -0.4 is 0 Å². The van der Waals surface area contributed by atoms with Crippen molar-refractivity contribution < 1.29 is 13.6 Å². The van der Waals surface area contributed by atoms with Crippen molar-refractivity contribution in [1.82, 2.24) is 0 Å². The number of rotatable bonds is 2. The van der Waals surface area contributed by atoms with Crippen LogP contribution in [0.1, 0.15) is 10.4 Å². The maximum absolute atomic E-state index is 12.8. The van der Waals surface area contributed by atoms with E-state index in [4.69, 9.17) is 11.6 Å². The van der Waals surface area contributed by atoms with Crippen LogP contribution in [0, 0.1) is 11.6 Å². The number of ketones is 1. The third kappa shape index (κ3) is 2.25. The third-order valence-electron chi connectivity index (χ3n) is 1.43. The van der Waals surface area contributed by atoms with E-state index in [1.54, 1.807) is 0 Å². The summed E-state index contributed by atoms with van der Waals surface area (Å²) in [5.41, 5.74) is -0.0312. The van der Waals surface area contributed by atoms with Crippen molar-refractivity contribution in [2.75, 3.05) is 5.33 Å². The second-order valence-electron chi connectivity index (χ2n) is 2.31. The average molecular weight is 269 g/mol. The van der Waals surface area contributed by atoms with Crippen molar-refractivity contribution in [1.29, 1.82) is 0 Å². The summed E-state index contributed by atoms with van der Waals surface area (Å²) in [5, 5.41) is -0.570. The molecule has 1 nitrogen and oxygen atoms in total. The summed E-state index contributed by atoms with van der Waals surface area (Å²) < 4.78 is 25.6. The Hall–Kier alpha value is -0.480. The minimum Gasteiger partial charge on any atom is -0.293 e. The number of carbonyl (C=O) groups is 1. The summed E-state index contributed by atoms with van der Waals surface area (Å²) in [4.78, 5) is 11.0.